The van der Waals surface area contributed by atoms with Crippen molar-refractivity contribution < 1.29 is 14.3 Å². The maximum atomic E-state index is 12.0. The van der Waals surface area contributed by atoms with Gasteiger partial charge in [-0.05, 0) is 54.5 Å². The normalized spacial score (nSPS) is 13.1. The number of aryl methyl sites for hydroxylation is 1. The first-order valence-corrected chi connectivity index (χ1v) is 7.64. The van der Waals surface area contributed by atoms with E-state index in [-0.39, 0.29) is 5.91 Å². The molecule has 2 aromatic rings. The number of anilines is 1. The molecule has 0 spiro atoms. The molecule has 1 aliphatic heterocycles. The fraction of sp³-hybridized carbons (Fsp3) is 0.167. The van der Waals surface area contributed by atoms with Crippen LogP contribution in [0.2, 0.25) is 5.02 Å². The second kappa shape index (κ2) is 6.75. The number of fused-ring (bicyclic) bond motifs is 1. The Kier molecular flexibility index (Phi) is 4.53. The molecule has 0 aromatic heterocycles. The Morgan fingerprint density at radius 1 is 1.13 bits per heavy atom. The summed E-state index contributed by atoms with van der Waals surface area (Å²) in [6.45, 7) is 2.99. The fourth-order valence-electron chi connectivity index (χ4n) is 2.28. The molecule has 2 aromatic carbocycles. The second-order valence-corrected chi connectivity index (χ2v) is 5.62. The molecule has 3 rings (SSSR count). The predicted octanol–water partition coefficient (Wildman–Crippen LogP) is 4.07. The number of amides is 1. The lowest BCUT2D eigenvalue weighted by molar-refractivity contribution is -0.111. The van der Waals surface area contributed by atoms with E-state index in [9.17, 15) is 4.79 Å². The van der Waals surface area contributed by atoms with Crippen LogP contribution >= 0.6 is 11.6 Å². The Bertz CT molecular complexity index is 771. The molecule has 1 amide bonds. The van der Waals surface area contributed by atoms with Crippen molar-refractivity contribution in [2.45, 2.75) is 6.92 Å². The van der Waals surface area contributed by atoms with Crippen LogP contribution in [-0.4, -0.2) is 19.1 Å². The summed E-state index contributed by atoms with van der Waals surface area (Å²) in [6.07, 6.45) is 3.22. The molecule has 1 heterocycles. The molecular weight excluding hydrogens is 314 g/mol. The van der Waals surface area contributed by atoms with Crippen LogP contribution in [0.15, 0.2) is 42.5 Å². The summed E-state index contributed by atoms with van der Waals surface area (Å²) in [6, 6.07) is 10.9. The lowest BCUT2D eigenvalue weighted by Crippen LogP contribution is -2.15. The minimum absolute atomic E-state index is 0.203. The van der Waals surface area contributed by atoms with Crippen molar-refractivity contribution in [3.63, 3.8) is 0 Å². The molecule has 0 bridgehead atoms. The summed E-state index contributed by atoms with van der Waals surface area (Å²) < 4.78 is 11.0. The van der Waals surface area contributed by atoms with Gasteiger partial charge in [-0.2, -0.15) is 0 Å². The van der Waals surface area contributed by atoms with Crippen LogP contribution in [0.1, 0.15) is 11.1 Å². The topological polar surface area (TPSA) is 47.6 Å². The third kappa shape index (κ3) is 3.85. The molecule has 0 fully saturated rings. The zero-order valence-corrected chi connectivity index (χ0v) is 13.4. The Balaban J connectivity index is 1.68. The molecule has 0 saturated carbocycles. The molecule has 5 heteroatoms. The molecule has 0 aliphatic carbocycles. The lowest BCUT2D eigenvalue weighted by Gasteiger charge is -2.18. The second-order valence-electron chi connectivity index (χ2n) is 5.18. The van der Waals surface area contributed by atoms with Crippen LogP contribution in [0.5, 0.6) is 11.5 Å². The van der Waals surface area contributed by atoms with Crippen LogP contribution in [0, 0.1) is 6.92 Å². The third-order valence-corrected chi connectivity index (χ3v) is 3.67. The number of hydrogen-bond acceptors (Lipinski definition) is 3. The van der Waals surface area contributed by atoms with Crippen molar-refractivity contribution in [3.8, 4) is 11.5 Å². The minimum atomic E-state index is -0.203. The van der Waals surface area contributed by atoms with Gasteiger partial charge in [0.2, 0.25) is 5.91 Å². The van der Waals surface area contributed by atoms with Gasteiger partial charge in [0.25, 0.3) is 0 Å². The summed E-state index contributed by atoms with van der Waals surface area (Å²) >= 11 is 5.90. The van der Waals surface area contributed by atoms with Crippen molar-refractivity contribution in [3.05, 3.63) is 58.6 Å². The van der Waals surface area contributed by atoms with E-state index in [4.69, 9.17) is 21.1 Å². The molecule has 1 aliphatic rings. The fourth-order valence-corrected chi connectivity index (χ4v) is 2.50. The molecule has 0 radical (unpaired) electrons. The van der Waals surface area contributed by atoms with E-state index in [0.29, 0.717) is 24.0 Å². The highest BCUT2D eigenvalue weighted by atomic mass is 35.5. The summed E-state index contributed by atoms with van der Waals surface area (Å²) in [5.41, 5.74) is 2.53. The van der Waals surface area contributed by atoms with E-state index in [0.717, 1.165) is 22.6 Å². The van der Waals surface area contributed by atoms with E-state index in [2.05, 4.69) is 5.32 Å². The Labute approximate surface area is 139 Å². The lowest BCUT2D eigenvalue weighted by atomic mass is 10.1. The van der Waals surface area contributed by atoms with Gasteiger partial charge in [-0.25, -0.2) is 0 Å². The molecular formula is C18H16ClNO3. The molecule has 4 nitrogen and oxygen atoms in total. The Morgan fingerprint density at radius 2 is 1.91 bits per heavy atom. The number of nitrogens with one attached hydrogen (secondary N) is 1. The van der Waals surface area contributed by atoms with Gasteiger partial charge < -0.3 is 14.8 Å². The van der Waals surface area contributed by atoms with Gasteiger partial charge >= 0.3 is 0 Å². The zero-order valence-electron chi connectivity index (χ0n) is 12.6. The zero-order chi connectivity index (χ0) is 16.2. The number of carbonyl (C=O) groups is 1. The van der Waals surface area contributed by atoms with Crippen molar-refractivity contribution in [2.75, 3.05) is 18.5 Å². The number of hydrogen-bond donors (Lipinski definition) is 1. The average Bonchev–Trinajstić information content (AvgIpc) is 2.55. The van der Waals surface area contributed by atoms with Gasteiger partial charge in [0.15, 0.2) is 11.5 Å². The maximum absolute atomic E-state index is 12.0. The Morgan fingerprint density at radius 3 is 2.70 bits per heavy atom. The Hall–Kier alpha value is -2.46. The largest absolute Gasteiger partial charge is 0.486 e. The van der Waals surface area contributed by atoms with Crippen LogP contribution in [0.4, 0.5) is 5.69 Å². The standard InChI is InChI=1S/C18H16ClNO3/c1-12-10-14(19)4-5-15(12)20-18(21)7-3-13-2-6-16-17(11-13)23-9-8-22-16/h2-7,10-11H,8-9H2,1H3,(H,20,21)/b7-3+. The first-order valence-electron chi connectivity index (χ1n) is 7.27. The van der Waals surface area contributed by atoms with Gasteiger partial charge in [-0.3, -0.25) is 4.79 Å². The first-order chi connectivity index (χ1) is 11.1. The number of carbonyl (C=O) groups excluding carboxylic acids is 1. The summed E-state index contributed by atoms with van der Waals surface area (Å²) in [5.74, 6) is 1.23. The average molecular weight is 330 g/mol. The van der Waals surface area contributed by atoms with E-state index >= 15 is 0 Å². The van der Waals surface area contributed by atoms with Gasteiger partial charge in [0.05, 0.1) is 0 Å². The highest BCUT2D eigenvalue weighted by Gasteiger charge is 2.10. The van der Waals surface area contributed by atoms with Crippen molar-refractivity contribution >= 4 is 29.3 Å². The van der Waals surface area contributed by atoms with E-state index in [1.54, 1.807) is 18.2 Å². The number of rotatable bonds is 3. The molecule has 0 unspecified atom stereocenters. The maximum Gasteiger partial charge on any atom is 0.248 e. The van der Waals surface area contributed by atoms with E-state index in [1.165, 1.54) is 6.08 Å². The van der Waals surface area contributed by atoms with Crippen LogP contribution in [-0.2, 0) is 4.79 Å². The number of benzene rings is 2. The molecule has 1 N–H and O–H groups in total. The van der Waals surface area contributed by atoms with Crippen molar-refractivity contribution in [1.29, 1.82) is 0 Å². The van der Waals surface area contributed by atoms with Gasteiger partial charge in [-0.15, -0.1) is 0 Å². The van der Waals surface area contributed by atoms with Crippen molar-refractivity contribution in [1.82, 2.24) is 0 Å². The summed E-state index contributed by atoms with van der Waals surface area (Å²) in [7, 11) is 0. The smallest absolute Gasteiger partial charge is 0.248 e. The van der Waals surface area contributed by atoms with Crippen molar-refractivity contribution in [2.24, 2.45) is 0 Å². The van der Waals surface area contributed by atoms with Gasteiger partial charge in [0.1, 0.15) is 13.2 Å². The quantitative estimate of drug-likeness (QED) is 0.863. The molecule has 0 atom stereocenters. The molecule has 23 heavy (non-hydrogen) atoms. The van der Waals surface area contributed by atoms with E-state index in [1.807, 2.05) is 31.2 Å². The highest BCUT2D eigenvalue weighted by molar-refractivity contribution is 6.30. The molecule has 118 valence electrons. The first kappa shape index (κ1) is 15.4. The number of ether oxygens (including phenoxy) is 2. The van der Waals surface area contributed by atoms with Gasteiger partial charge in [0, 0.05) is 16.8 Å². The van der Waals surface area contributed by atoms with Crippen LogP contribution in [0.25, 0.3) is 6.08 Å². The minimum Gasteiger partial charge on any atom is -0.486 e. The van der Waals surface area contributed by atoms with Crippen LogP contribution < -0.4 is 14.8 Å². The summed E-state index contributed by atoms with van der Waals surface area (Å²) in [5, 5.41) is 3.48. The monoisotopic (exact) mass is 329 g/mol. The summed E-state index contributed by atoms with van der Waals surface area (Å²) in [4.78, 5) is 12.0. The predicted molar refractivity (Wildman–Crippen MR) is 91.3 cm³/mol. The highest BCUT2D eigenvalue weighted by Crippen LogP contribution is 2.31. The van der Waals surface area contributed by atoms with Crippen LogP contribution in [0.3, 0.4) is 0 Å². The third-order valence-electron chi connectivity index (χ3n) is 3.44. The SMILES string of the molecule is Cc1cc(Cl)ccc1NC(=O)/C=C/c1ccc2c(c1)OCCO2. The molecule has 0 saturated heterocycles. The number of halogens is 1. The van der Waals surface area contributed by atoms with Gasteiger partial charge in [-0.1, -0.05) is 17.7 Å². The van der Waals surface area contributed by atoms with E-state index < -0.39 is 0 Å².